The minimum Gasteiger partial charge on any atom is -0.354 e. The van der Waals surface area contributed by atoms with E-state index in [1.54, 1.807) is 37.3 Å². The van der Waals surface area contributed by atoms with E-state index in [2.05, 4.69) is 5.32 Å². The van der Waals surface area contributed by atoms with Gasteiger partial charge in [0.05, 0.1) is 11.9 Å². The molecule has 2 aromatic carbocycles. The maximum absolute atomic E-state index is 13.7. The molecule has 0 heterocycles. The molecule has 0 bridgehead atoms. The van der Waals surface area contributed by atoms with Gasteiger partial charge >= 0.3 is 0 Å². The molecule has 0 unspecified atom stereocenters. The fraction of sp³-hybridized carbons (Fsp3) is 0.440. The molecule has 0 fully saturated rings. The summed E-state index contributed by atoms with van der Waals surface area (Å²) in [5.41, 5.74) is 2.74. The molecule has 0 saturated heterocycles. The van der Waals surface area contributed by atoms with Crippen LogP contribution in [0.25, 0.3) is 0 Å². The van der Waals surface area contributed by atoms with Crippen LogP contribution in [0.3, 0.4) is 0 Å². The molecule has 0 radical (unpaired) electrons. The molecule has 0 aliphatic rings. The van der Waals surface area contributed by atoms with Gasteiger partial charge in [0.2, 0.25) is 21.8 Å². The average Bonchev–Trinajstić information content (AvgIpc) is 2.75. The standard InChI is InChI=1S/C25H33Cl2N3O4S/c1-6-10-28-25(32)23(7-2)29(15-19-8-9-20(26)14-22(19)27)24(31)16-30(35(5,33)34)21-12-17(3)11-18(4)13-21/h8-9,11-14,23H,6-7,10,15-16H2,1-5H3,(H,28,32)/t23-/m0/s1. The molecular weight excluding hydrogens is 509 g/mol. The van der Waals surface area contributed by atoms with Gasteiger partial charge in [-0.2, -0.15) is 0 Å². The SMILES string of the molecule is CCCNC(=O)[C@H](CC)N(Cc1ccc(Cl)cc1Cl)C(=O)CN(c1cc(C)cc(C)c1)S(C)(=O)=O. The molecule has 2 rings (SSSR count). The van der Waals surface area contributed by atoms with E-state index in [0.717, 1.165) is 28.1 Å². The third-order valence-corrected chi connectivity index (χ3v) is 7.19. The molecule has 0 aliphatic carbocycles. The molecule has 1 atom stereocenters. The van der Waals surface area contributed by atoms with Gasteiger partial charge in [0.1, 0.15) is 12.6 Å². The molecule has 2 aromatic rings. The number of sulfonamides is 1. The normalized spacial score (nSPS) is 12.2. The second-order valence-electron chi connectivity index (χ2n) is 8.59. The number of carbonyl (C=O) groups excluding carboxylic acids is 2. The first kappa shape index (κ1) is 28.9. The van der Waals surface area contributed by atoms with Crippen LogP contribution < -0.4 is 9.62 Å². The average molecular weight is 543 g/mol. The summed E-state index contributed by atoms with van der Waals surface area (Å²) in [6.45, 7) is 7.50. The Morgan fingerprint density at radius 3 is 2.17 bits per heavy atom. The largest absolute Gasteiger partial charge is 0.354 e. The summed E-state index contributed by atoms with van der Waals surface area (Å²) in [4.78, 5) is 28.0. The number of halogens is 2. The fourth-order valence-corrected chi connectivity index (χ4v) is 5.13. The molecule has 0 aliphatic heterocycles. The fourth-order valence-electron chi connectivity index (χ4n) is 3.83. The Balaban J connectivity index is 2.49. The van der Waals surface area contributed by atoms with Gasteiger partial charge in [-0.05, 0) is 67.6 Å². The first-order valence-electron chi connectivity index (χ1n) is 11.4. The van der Waals surface area contributed by atoms with Gasteiger partial charge in [-0.15, -0.1) is 0 Å². The van der Waals surface area contributed by atoms with E-state index in [1.807, 2.05) is 26.8 Å². The molecule has 0 spiro atoms. The van der Waals surface area contributed by atoms with Crippen molar-refractivity contribution in [1.29, 1.82) is 0 Å². The number of hydrogen-bond acceptors (Lipinski definition) is 4. The number of carbonyl (C=O) groups is 2. The number of anilines is 1. The second kappa shape index (κ2) is 12.6. The number of nitrogens with one attached hydrogen (secondary N) is 1. The van der Waals surface area contributed by atoms with Crippen molar-refractivity contribution in [2.24, 2.45) is 0 Å². The lowest BCUT2D eigenvalue weighted by Gasteiger charge is -2.33. The van der Waals surface area contributed by atoms with Crippen LogP contribution in [0, 0.1) is 13.8 Å². The van der Waals surface area contributed by atoms with E-state index in [9.17, 15) is 18.0 Å². The van der Waals surface area contributed by atoms with Crippen LogP contribution in [0.15, 0.2) is 36.4 Å². The molecule has 35 heavy (non-hydrogen) atoms. The van der Waals surface area contributed by atoms with Crippen molar-refractivity contribution in [2.45, 2.75) is 53.1 Å². The van der Waals surface area contributed by atoms with E-state index in [-0.39, 0.29) is 12.5 Å². The van der Waals surface area contributed by atoms with E-state index in [0.29, 0.717) is 34.3 Å². The molecule has 7 nitrogen and oxygen atoms in total. The maximum Gasteiger partial charge on any atom is 0.244 e. The van der Waals surface area contributed by atoms with Crippen LogP contribution in [-0.2, 0) is 26.2 Å². The van der Waals surface area contributed by atoms with Crippen LogP contribution in [0.2, 0.25) is 10.0 Å². The minimum atomic E-state index is -3.79. The minimum absolute atomic E-state index is 0.0251. The zero-order valence-corrected chi connectivity index (χ0v) is 23.1. The van der Waals surface area contributed by atoms with E-state index in [1.165, 1.54) is 4.90 Å². The van der Waals surface area contributed by atoms with Crippen molar-refractivity contribution < 1.29 is 18.0 Å². The predicted octanol–water partition coefficient (Wildman–Crippen LogP) is 4.71. The monoisotopic (exact) mass is 541 g/mol. The third kappa shape index (κ3) is 8.12. The highest BCUT2D eigenvalue weighted by atomic mass is 35.5. The Kier molecular flexibility index (Phi) is 10.4. The Morgan fingerprint density at radius 1 is 1.03 bits per heavy atom. The van der Waals surface area contributed by atoms with Crippen molar-refractivity contribution in [3.8, 4) is 0 Å². The topological polar surface area (TPSA) is 86.8 Å². The van der Waals surface area contributed by atoms with Crippen molar-refractivity contribution in [3.05, 3.63) is 63.1 Å². The Labute approximate surface area is 218 Å². The lowest BCUT2D eigenvalue weighted by atomic mass is 10.1. The Morgan fingerprint density at radius 2 is 1.66 bits per heavy atom. The lowest BCUT2D eigenvalue weighted by molar-refractivity contribution is -0.140. The zero-order valence-electron chi connectivity index (χ0n) is 20.8. The highest BCUT2D eigenvalue weighted by molar-refractivity contribution is 7.92. The lowest BCUT2D eigenvalue weighted by Crippen LogP contribution is -2.52. The van der Waals surface area contributed by atoms with Crippen molar-refractivity contribution in [3.63, 3.8) is 0 Å². The maximum atomic E-state index is 13.7. The summed E-state index contributed by atoms with van der Waals surface area (Å²) < 4.78 is 26.5. The predicted molar refractivity (Wildman–Crippen MR) is 142 cm³/mol. The number of rotatable bonds is 11. The summed E-state index contributed by atoms with van der Waals surface area (Å²) in [6.07, 6.45) is 2.15. The van der Waals surface area contributed by atoms with Crippen LogP contribution in [0.4, 0.5) is 5.69 Å². The van der Waals surface area contributed by atoms with Gasteiger partial charge in [-0.3, -0.25) is 13.9 Å². The number of benzene rings is 2. The first-order chi connectivity index (χ1) is 16.4. The first-order valence-corrected chi connectivity index (χ1v) is 14.0. The van der Waals surface area contributed by atoms with Crippen LogP contribution in [0.5, 0.6) is 0 Å². The molecular formula is C25H33Cl2N3O4S. The number of hydrogen-bond donors (Lipinski definition) is 1. The molecule has 0 saturated carbocycles. The van der Waals surface area contributed by atoms with Gasteiger partial charge in [0, 0.05) is 23.1 Å². The molecule has 192 valence electrons. The molecule has 2 amide bonds. The van der Waals surface area contributed by atoms with Gasteiger partial charge in [0.25, 0.3) is 0 Å². The van der Waals surface area contributed by atoms with Gasteiger partial charge in [0.15, 0.2) is 0 Å². The highest BCUT2D eigenvalue weighted by Gasteiger charge is 2.32. The van der Waals surface area contributed by atoms with Crippen LogP contribution in [0.1, 0.15) is 43.4 Å². The summed E-state index contributed by atoms with van der Waals surface area (Å²) in [6, 6.07) is 9.46. The number of nitrogens with zero attached hydrogens (tertiary/aromatic N) is 2. The van der Waals surface area contributed by atoms with Gasteiger partial charge in [-0.25, -0.2) is 8.42 Å². The summed E-state index contributed by atoms with van der Waals surface area (Å²) in [5.74, 6) is -0.816. The van der Waals surface area contributed by atoms with E-state index in [4.69, 9.17) is 23.2 Å². The van der Waals surface area contributed by atoms with Crippen LogP contribution in [-0.4, -0.2) is 50.5 Å². The second-order valence-corrected chi connectivity index (χ2v) is 11.3. The molecule has 0 aromatic heterocycles. The van der Waals surface area contributed by atoms with E-state index >= 15 is 0 Å². The van der Waals surface area contributed by atoms with Gasteiger partial charge in [-0.1, -0.05) is 49.2 Å². The highest BCUT2D eigenvalue weighted by Crippen LogP contribution is 2.25. The quantitative estimate of drug-likeness (QED) is 0.446. The zero-order chi connectivity index (χ0) is 26.3. The van der Waals surface area contributed by atoms with Crippen LogP contribution >= 0.6 is 23.2 Å². The summed E-state index contributed by atoms with van der Waals surface area (Å²) >= 11 is 12.4. The smallest absolute Gasteiger partial charge is 0.244 e. The Hall–Kier alpha value is -2.29. The van der Waals surface area contributed by atoms with Crippen molar-refractivity contribution in [2.75, 3.05) is 23.7 Å². The third-order valence-electron chi connectivity index (χ3n) is 5.46. The Bertz CT molecular complexity index is 1150. The van der Waals surface area contributed by atoms with E-state index < -0.39 is 28.5 Å². The molecule has 10 heteroatoms. The van der Waals surface area contributed by atoms with Crippen molar-refractivity contribution >= 4 is 50.7 Å². The summed E-state index contributed by atoms with van der Waals surface area (Å²) in [7, 11) is -3.79. The van der Waals surface area contributed by atoms with Gasteiger partial charge < -0.3 is 10.2 Å². The summed E-state index contributed by atoms with van der Waals surface area (Å²) in [5, 5.41) is 3.64. The number of amides is 2. The van der Waals surface area contributed by atoms with Crippen molar-refractivity contribution in [1.82, 2.24) is 10.2 Å². The number of aryl methyl sites for hydroxylation is 2. The molecule has 1 N–H and O–H groups in total.